The molecule has 0 aliphatic rings. The van der Waals surface area contributed by atoms with E-state index in [0.717, 1.165) is 18.2 Å². The van der Waals surface area contributed by atoms with Crippen LogP contribution in [0.3, 0.4) is 0 Å². The van der Waals surface area contributed by atoms with E-state index < -0.39 is 47.4 Å². The number of phenols is 1. The first kappa shape index (κ1) is 32.9. The average molecular weight is 687 g/mol. The molecule has 0 unspecified atom stereocenters. The molecule has 7 N–H and O–H groups in total. The second-order valence-corrected chi connectivity index (χ2v) is 12.9. The fraction of sp³-hybridized carbons (Fsp3) is 0.0357. The number of benzene rings is 5. The second-order valence-electron chi connectivity index (χ2n) is 9.43. The first-order valence-electron chi connectivity index (χ1n) is 12.8. The van der Waals surface area contributed by atoms with Gasteiger partial charge in [-0.3, -0.25) is 13.9 Å². The van der Waals surface area contributed by atoms with Gasteiger partial charge >= 0.3 is 0 Å². The van der Waals surface area contributed by atoms with Gasteiger partial charge in [-0.1, -0.05) is 47.5 Å². The van der Waals surface area contributed by atoms with Crippen molar-refractivity contribution < 1.29 is 50.5 Å². The van der Waals surface area contributed by atoms with E-state index in [4.69, 9.17) is 11.0 Å². The minimum atomic E-state index is -4.91. The summed E-state index contributed by atoms with van der Waals surface area (Å²) in [6.45, 7) is 0.0658. The van der Waals surface area contributed by atoms with E-state index in [2.05, 4.69) is 24.9 Å². The number of rotatable bonds is 10. The first-order valence-corrected chi connectivity index (χ1v) is 16.4. The molecule has 46 heavy (non-hydrogen) atoms. The van der Waals surface area contributed by atoms with Crippen molar-refractivity contribution in [3.8, 4) is 5.75 Å². The molecule has 0 fully saturated rings. The van der Waals surface area contributed by atoms with E-state index in [9.17, 15) is 35.8 Å². The van der Waals surface area contributed by atoms with E-state index in [1.165, 1.54) is 36.4 Å². The Morgan fingerprint density at radius 2 is 1.61 bits per heavy atom. The number of aromatic hydroxyl groups is 1. The maximum Gasteiger partial charge on any atom is 0.297 e. The molecule has 0 heterocycles. The molecule has 0 radical (unpaired) electrons. The van der Waals surface area contributed by atoms with Crippen molar-refractivity contribution in [2.24, 2.45) is 16.0 Å². The van der Waals surface area contributed by atoms with E-state index in [-0.39, 0.29) is 56.6 Å². The van der Waals surface area contributed by atoms with Gasteiger partial charge in [0.2, 0.25) is 0 Å². The summed E-state index contributed by atoms with van der Waals surface area (Å²) >= 11 is 0.233. The topological polar surface area (TPSA) is 247 Å². The Morgan fingerprint density at radius 1 is 0.870 bits per heavy atom. The van der Waals surface area contributed by atoms with Crippen molar-refractivity contribution >= 4 is 76.8 Å². The standard InChI is InChI=1S/C28H22N4O11S3/c29-14-16-7-4-8-18-17(16)9-10-21(27(18)46(39,40)41)31-32-25-22(44-43-42-35)13-19-23(45(36,37)38)12-11-20(24(19)26(25)33)30-28(34)15-5-2-1-3-6-15/h1-13,33,35H,14,29H2,(H,30,34)(H,36,37,38)(H,39,40,41). The van der Waals surface area contributed by atoms with Gasteiger partial charge in [-0.25, -0.2) is 5.26 Å². The van der Waals surface area contributed by atoms with Gasteiger partial charge in [0.1, 0.15) is 21.2 Å². The van der Waals surface area contributed by atoms with Crippen LogP contribution >= 0.6 is 12.0 Å². The number of azo groups is 1. The van der Waals surface area contributed by atoms with Crippen molar-refractivity contribution in [2.75, 3.05) is 5.32 Å². The highest BCUT2D eigenvalue weighted by Gasteiger charge is 2.25. The van der Waals surface area contributed by atoms with Crippen LogP contribution in [0.1, 0.15) is 15.9 Å². The fourth-order valence-electron chi connectivity index (χ4n) is 4.77. The Balaban J connectivity index is 1.77. The smallest absolute Gasteiger partial charge is 0.297 e. The van der Waals surface area contributed by atoms with Gasteiger partial charge in [-0.05, 0) is 47.3 Å². The summed E-state index contributed by atoms with van der Waals surface area (Å²) in [7, 11) is -9.82. The molecule has 0 saturated carbocycles. The molecule has 15 nitrogen and oxygen atoms in total. The lowest BCUT2D eigenvalue weighted by Gasteiger charge is -2.15. The third kappa shape index (κ3) is 6.56. The zero-order valence-electron chi connectivity index (χ0n) is 23.1. The molecule has 0 spiro atoms. The minimum absolute atomic E-state index is 0.0658. The maximum atomic E-state index is 13.0. The Hall–Kier alpha value is -4.50. The number of carbonyl (C=O) groups is 1. The summed E-state index contributed by atoms with van der Waals surface area (Å²) in [6.07, 6.45) is 0. The van der Waals surface area contributed by atoms with E-state index >= 15 is 0 Å². The Kier molecular flexibility index (Phi) is 9.35. The SMILES string of the molecule is NCc1cccc2c(S(=O)(=O)O)c(N=Nc3c(SOOO)cc4c(S(=O)(=O)O)ccc(NC(=O)c5ccccc5)c4c3O)ccc12. The van der Waals surface area contributed by atoms with Crippen molar-refractivity contribution in [1.82, 2.24) is 0 Å². The molecule has 5 aromatic rings. The highest BCUT2D eigenvalue weighted by molar-refractivity contribution is 7.94. The Morgan fingerprint density at radius 3 is 2.26 bits per heavy atom. The third-order valence-electron chi connectivity index (χ3n) is 6.71. The predicted octanol–water partition coefficient (Wildman–Crippen LogP) is 5.75. The monoisotopic (exact) mass is 686 g/mol. The summed E-state index contributed by atoms with van der Waals surface area (Å²) < 4.78 is 74.1. The molecule has 18 heteroatoms. The number of amides is 1. The number of hydrogen-bond donors (Lipinski definition) is 6. The molecule has 1 amide bonds. The summed E-state index contributed by atoms with van der Waals surface area (Å²) in [6, 6.07) is 18.5. The lowest BCUT2D eigenvalue weighted by molar-refractivity contribution is -0.432. The van der Waals surface area contributed by atoms with Gasteiger partial charge in [0.05, 0.1) is 28.0 Å². The number of nitrogens with two attached hydrogens (primary N) is 1. The molecule has 5 rings (SSSR count). The Labute approximate surface area is 264 Å². The average Bonchev–Trinajstić information content (AvgIpc) is 3.01. The number of hydrogen-bond acceptors (Lipinski definition) is 13. The van der Waals surface area contributed by atoms with Crippen molar-refractivity contribution in [1.29, 1.82) is 0 Å². The number of nitrogens with one attached hydrogen (secondary N) is 1. The normalized spacial score (nSPS) is 12.3. The number of nitrogens with zero attached hydrogens (tertiary/aromatic N) is 2. The Bertz CT molecular complexity index is 2250. The molecule has 5 aromatic carbocycles. The molecular formula is C28H22N4O11S3. The number of fused-ring (bicyclic) bond motifs is 2. The largest absolute Gasteiger partial charge is 0.505 e. The van der Waals surface area contributed by atoms with Gasteiger partial charge in [0.25, 0.3) is 26.1 Å². The van der Waals surface area contributed by atoms with Crippen LogP contribution in [0.4, 0.5) is 17.1 Å². The van der Waals surface area contributed by atoms with E-state index in [1.807, 2.05) is 0 Å². The quantitative estimate of drug-likeness (QED) is 0.0337. The molecular weight excluding hydrogens is 665 g/mol. The summed E-state index contributed by atoms with van der Waals surface area (Å²) in [4.78, 5) is 11.4. The van der Waals surface area contributed by atoms with Crippen LogP contribution < -0.4 is 11.1 Å². The van der Waals surface area contributed by atoms with E-state index in [0.29, 0.717) is 10.9 Å². The number of anilines is 1. The van der Waals surface area contributed by atoms with Gasteiger partial charge in [0, 0.05) is 22.9 Å². The van der Waals surface area contributed by atoms with Crippen LogP contribution in [0.5, 0.6) is 5.75 Å². The van der Waals surface area contributed by atoms with Crippen molar-refractivity contribution in [3.05, 3.63) is 90.0 Å². The van der Waals surface area contributed by atoms with Gasteiger partial charge in [0.15, 0.2) is 5.75 Å². The van der Waals surface area contributed by atoms with Crippen molar-refractivity contribution in [3.63, 3.8) is 0 Å². The van der Waals surface area contributed by atoms with Crippen LogP contribution in [0, 0.1) is 0 Å². The number of phenolic OH excluding ortho intramolecular Hbond substituents is 1. The van der Waals surface area contributed by atoms with Crippen LogP contribution in [0.15, 0.2) is 104 Å². The van der Waals surface area contributed by atoms with Crippen LogP contribution in [0.25, 0.3) is 21.5 Å². The molecule has 0 aromatic heterocycles. The zero-order chi connectivity index (χ0) is 33.2. The second kappa shape index (κ2) is 13.1. The lowest BCUT2D eigenvalue weighted by Crippen LogP contribution is -2.12. The highest BCUT2D eigenvalue weighted by Crippen LogP contribution is 2.48. The molecule has 0 bridgehead atoms. The van der Waals surface area contributed by atoms with Crippen molar-refractivity contribution in [2.45, 2.75) is 21.2 Å². The molecule has 0 saturated heterocycles. The number of carbonyl (C=O) groups excluding carboxylic acids is 1. The summed E-state index contributed by atoms with van der Waals surface area (Å²) in [5.41, 5.74) is 5.63. The van der Waals surface area contributed by atoms with Crippen LogP contribution in [0.2, 0.25) is 0 Å². The summed E-state index contributed by atoms with van der Waals surface area (Å²) in [5.74, 6) is -1.44. The third-order valence-corrected chi connectivity index (χ3v) is 9.19. The summed E-state index contributed by atoms with van der Waals surface area (Å²) in [5, 5.41) is 34.3. The molecule has 0 aliphatic heterocycles. The van der Waals surface area contributed by atoms with Gasteiger partial charge in [-0.15, -0.1) is 14.6 Å². The first-order chi connectivity index (χ1) is 21.8. The van der Waals surface area contributed by atoms with Gasteiger partial charge < -0.3 is 16.2 Å². The zero-order valence-corrected chi connectivity index (χ0v) is 25.5. The molecule has 0 atom stereocenters. The van der Waals surface area contributed by atoms with Crippen LogP contribution in [-0.2, 0) is 36.2 Å². The van der Waals surface area contributed by atoms with Gasteiger partial charge in [-0.2, -0.15) is 16.8 Å². The highest BCUT2D eigenvalue weighted by atomic mass is 32.2. The predicted molar refractivity (Wildman–Crippen MR) is 166 cm³/mol. The lowest BCUT2D eigenvalue weighted by atomic mass is 10.0. The van der Waals surface area contributed by atoms with Crippen LogP contribution in [-0.4, -0.2) is 42.2 Å². The minimum Gasteiger partial charge on any atom is -0.505 e. The van der Waals surface area contributed by atoms with E-state index in [1.54, 1.807) is 24.3 Å². The molecule has 238 valence electrons. The maximum absolute atomic E-state index is 13.0. The molecule has 0 aliphatic carbocycles. The fourth-order valence-corrected chi connectivity index (χ4v) is 6.77.